The number of amides is 1. The molecular formula is C24H29N3O4S. The fourth-order valence-corrected chi connectivity index (χ4v) is 4.53. The molecule has 0 aliphatic heterocycles. The van der Waals surface area contributed by atoms with Crippen LogP contribution >= 0.6 is 0 Å². The molecule has 0 radical (unpaired) electrons. The number of anilines is 1. The number of fused-ring (bicyclic) bond motifs is 1. The Morgan fingerprint density at radius 2 is 1.59 bits per heavy atom. The smallest absolute Gasteiger partial charge is 0.259 e. The summed E-state index contributed by atoms with van der Waals surface area (Å²) in [6, 6.07) is 16.6. The highest BCUT2D eigenvalue weighted by Gasteiger charge is 2.16. The Bertz CT molecular complexity index is 1170. The van der Waals surface area contributed by atoms with E-state index in [1.165, 1.54) is 24.3 Å². The van der Waals surface area contributed by atoms with Crippen molar-refractivity contribution in [3.63, 3.8) is 0 Å². The van der Waals surface area contributed by atoms with E-state index in [0.29, 0.717) is 12.2 Å². The molecule has 3 rings (SSSR count). The lowest BCUT2D eigenvalue weighted by molar-refractivity contribution is 0.102. The number of phenols is 1. The van der Waals surface area contributed by atoms with Gasteiger partial charge in [-0.25, -0.2) is 13.1 Å². The van der Waals surface area contributed by atoms with Gasteiger partial charge in [0.2, 0.25) is 10.0 Å². The Morgan fingerprint density at radius 3 is 2.22 bits per heavy atom. The molecule has 3 N–H and O–H groups in total. The number of carbonyl (C=O) groups excluding carboxylic acids is 1. The van der Waals surface area contributed by atoms with Crippen LogP contribution in [0.3, 0.4) is 0 Å². The number of hydrogen-bond donors (Lipinski definition) is 3. The standard InChI is InChI=1S/C24H29N3O4S/c1-3-27(4-2)15-7-14-25-32(30,31)21-12-10-20(11-13-21)26-24(29)22-16-18-8-5-6-9-19(18)17-23(22)28/h5-6,8-13,16-17,25,28H,3-4,7,14-15H2,1-2H3,(H,26,29). The monoisotopic (exact) mass is 455 g/mol. The third-order valence-corrected chi connectivity index (χ3v) is 6.85. The van der Waals surface area contributed by atoms with Crippen molar-refractivity contribution < 1.29 is 18.3 Å². The van der Waals surface area contributed by atoms with Crippen molar-refractivity contribution in [3.05, 3.63) is 66.2 Å². The van der Waals surface area contributed by atoms with E-state index in [9.17, 15) is 18.3 Å². The first kappa shape index (κ1) is 23.7. The number of sulfonamides is 1. The summed E-state index contributed by atoms with van der Waals surface area (Å²) in [6.07, 6.45) is 0.726. The summed E-state index contributed by atoms with van der Waals surface area (Å²) in [5.74, 6) is -0.590. The van der Waals surface area contributed by atoms with E-state index in [0.717, 1.165) is 36.8 Å². The highest BCUT2D eigenvalue weighted by atomic mass is 32.2. The van der Waals surface area contributed by atoms with E-state index in [1.807, 2.05) is 24.3 Å². The molecule has 1 amide bonds. The van der Waals surface area contributed by atoms with Crippen LogP contribution in [0.5, 0.6) is 5.75 Å². The van der Waals surface area contributed by atoms with Gasteiger partial charge in [-0.2, -0.15) is 0 Å². The molecular weight excluding hydrogens is 426 g/mol. The van der Waals surface area contributed by atoms with E-state index < -0.39 is 15.9 Å². The van der Waals surface area contributed by atoms with Crippen LogP contribution in [-0.2, 0) is 10.0 Å². The fraction of sp³-hybridized carbons (Fsp3) is 0.292. The van der Waals surface area contributed by atoms with Gasteiger partial charge in [0.25, 0.3) is 5.91 Å². The van der Waals surface area contributed by atoms with Gasteiger partial charge in [-0.1, -0.05) is 38.1 Å². The van der Waals surface area contributed by atoms with Crippen LogP contribution in [-0.4, -0.2) is 50.5 Å². The minimum atomic E-state index is -3.62. The fourth-order valence-electron chi connectivity index (χ4n) is 3.46. The molecule has 0 saturated carbocycles. The minimum Gasteiger partial charge on any atom is -0.507 e. The zero-order valence-electron chi connectivity index (χ0n) is 18.3. The quantitative estimate of drug-likeness (QED) is 0.404. The number of phenolic OH excluding ortho intramolecular Hbond substituents is 1. The second-order valence-corrected chi connectivity index (χ2v) is 9.24. The molecule has 0 heterocycles. The van der Waals surface area contributed by atoms with Gasteiger partial charge in [0.1, 0.15) is 5.75 Å². The molecule has 8 heteroatoms. The average Bonchev–Trinajstić information content (AvgIpc) is 2.79. The number of benzene rings is 3. The second kappa shape index (κ2) is 10.6. The molecule has 170 valence electrons. The molecule has 3 aromatic carbocycles. The predicted molar refractivity (Wildman–Crippen MR) is 128 cm³/mol. The molecule has 0 fully saturated rings. The van der Waals surface area contributed by atoms with E-state index in [4.69, 9.17) is 0 Å². The van der Waals surface area contributed by atoms with E-state index in [-0.39, 0.29) is 16.2 Å². The maximum atomic E-state index is 12.6. The SMILES string of the molecule is CCN(CC)CCCNS(=O)(=O)c1ccc(NC(=O)c2cc3ccccc3cc2O)cc1. The molecule has 0 atom stereocenters. The highest BCUT2D eigenvalue weighted by Crippen LogP contribution is 2.26. The maximum Gasteiger partial charge on any atom is 0.259 e. The first-order valence-corrected chi connectivity index (χ1v) is 12.2. The lowest BCUT2D eigenvalue weighted by Gasteiger charge is -2.17. The summed E-state index contributed by atoms with van der Waals surface area (Å²) >= 11 is 0. The molecule has 3 aromatic rings. The van der Waals surface area contributed by atoms with Crippen LogP contribution in [0.25, 0.3) is 10.8 Å². The van der Waals surface area contributed by atoms with E-state index in [2.05, 4.69) is 28.8 Å². The van der Waals surface area contributed by atoms with Gasteiger partial charge in [-0.15, -0.1) is 0 Å². The van der Waals surface area contributed by atoms with Gasteiger partial charge in [0, 0.05) is 12.2 Å². The largest absolute Gasteiger partial charge is 0.507 e. The topological polar surface area (TPSA) is 98.7 Å². The summed E-state index contributed by atoms with van der Waals surface area (Å²) in [5, 5.41) is 14.6. The predicted octanol–water partition coefficient (Wildman–Crippen LogP) is 3.81. The van der Waals surface area contributed by atoms with Crippen molar-refractivity contribution in [3.8, 4) is 5.75 Å². The van der Waals surface area contributed by atoms with Gasteiger partial charge in [0.05, 0.1) is 10.5 Å². The van der Waals surface area contributed by atoms with Crippen molar-refractivity contribution >= 4 is 32.4 Å². The normalized spacial score (nSPS) is 11.7. The summed E-state index contributed by atoms with van der Waals surface area (Å²) in [4.78, 5) is 15.0. The Labute approximate surface area is 189 Å². The first-order valence-electron chi connectivity index (χ1n) is 10.7. The van der Waals surface area contributed by atoms with Crippen LogP contribution in [0.15, 0.2) is 65.6 Å². The highest BCUT2D eigenvalue weighted by molar-refractivity contribution is 7.89. The molecule has 32 heavy (non-hydrogen) atoms. The van der Waals surface area contributed by atoms with Gasteiger partial charge >= 0.3 is 0 Å². The Balaban J connectivity index is 1.63. The Hall–Kier alpha value is -2.94. The second-order valence-electron chi connectivity index (χ2n) is 7.47. The summed E-state index contributed by atoms with van der Waals surface area (Å²) in [7, 11) is -3.62. The third-order valence-electron chi connectivity index (χ3n) is 5.37. The number of nitrogens with one attached hydrogen (secondary N) is 2. The molecule has 0 aliphatic rings. The number of rotatable bonds is 10. The first-order chi connectivity index (χ1) is 15.3. The van der Waals surface area contributed by atoms with Crippen LogP contribution in [0.1, 0.15) is 30.6 Å². The molecule has 7 nitrogen and oxygen atoms in total. The van der Waals surface area contributed by atoms with Crippen molar-refractivity contribution in [1.29, 1.82) is 0 Å². The summed E-state index contributed by atoms with van der Waals surface area (Å²) in [5.41, 5.74) is 0.582. The maximum absolute atomic E-state index is 12.6. The summed E-state index contributed by atoms with van der Waals surface area (Å²) in [6.45, 7) is 7.23. The molecule has 0 aliphatic carbocycles. The van der Waals surface area contributed by atoms with Crippen molar-refractivity contribution in [2.75, 3.05) is 31.5 Å². The van der Waals surface area contributed by atoms with Crippen molar-refractivity contribution in [2.24, 2.45) is 0 Å². The van der Waals surface area contributed by atoms with Gasteiger partial charge in [-0.05, 0) is 73.2 Å². The zero-order valence-corrected chi connectivity index (χ0v) is 19.2. The van der Waals surface area contributed by atoms with Crippen LogP contribution in [0.2, 0.25) is 0 Å². The lowest BCUT2D eigenvalue weighted by atomic mass is 10.1. The Kier molecular flexibility index (Phi) is 7.84. The third kappa shape index (κ3) is 5.85. The van der Waals surface area contributed by atoms with Gasteiger partial charge in [-0.3, -0.25) is 4.79 Å². The minimum absolute atomic E-state index is 0.116. The van der Waals surface area contributed by atoms with Crippen LogP contribution in [0, 0.1) is 0 Å². The molecule has 0 unspecified atom stereocenters. The zero-order chi connectivity index (χ0) is 23.1. The molecule has 0 bridgehead atoms. The van der Waals surface area contributed by atoms with Crippen LogP contribution < -0.4 is 10.0 Å². The number of hydrogen-bond acceptors (Lipinski definition) is 5. The van der Waals surface area contributed by atoms with Crippen molar-refractivity contribution in [1.82, 2.24) is 9.62 Å². The average molecular weight is 456 g/mol. The Morgan fingerprint density at radius 1 is 0.969 bits per heavy atom. The molecule has 0 aromatic heterocycles. The van der Waals surface area contributed by atoms with E-state index in [1.54, 1.807) is 12.1 Å². The number of carbonyl (C=O) groups is 1. The van der Waals surface area contributed by atoms with Gasteiger partial charge in [0.15, 0.2) is 0 Å². The molecule has 0 saturated heterocycles. The number of nitrogens with zero attached hydrogens (tertiary/aromatic N) is 1. The van der Waals surface area contributed by atoms with E-state index >= 15 is 0 Å². The summed E-state index contributed by atoms with van der Waals surface area (Å²) < 4.78 is 27.6. The van der Waals surface area contributed by atoms with Crippen molar-refractivity contribution in [2.45, 2.75) is 25.2 Å². The molecule has 0 spiro atoms. The number of aromatic hydroxyl groups is 1. The lowest BCUT2D eigenvalue weighted by Crippen LogP contribution is -2.30. The van der Waals surface area contributed by atoms with Gasteiger partial charge < -0.3 is 15.3 Å². The van der Waals surface area contributed by atoms with Crippen LogP contribution in [0.4, 0.5) is 5.69 Å².